The van der Waals surface area contributed by atoms with Gasteiger partial charge in [-0.3, -0.25) is 0 Å². The molecule has 0 bridgehead atoms. The molecular weight excluding hydrogens is 252 g/mol. The molecule has 0 aliphatic heterocycles. The van der Waals surface area contributed by atoms with Gasteiger partial charge in [-0.1, -0.05) is 0 Å². The quantitative estimate of drug-likeness (QED) is 0.857. The van der Waals surface area contributed by atoms with Crippen molar-refractivity contribution in [2.45, 2.75) is 57.9 Å². The molecular formula is C14H21F2NS. The zero-order valence-electron chi connectivity index (χ0n) is 11.0. The minimum atomic E-state index is -2.47. The first-order chi connectivity index (χ1) is 8.37. The van der Waals surface area contributed by atoms with Crippen LogP contribution in [0.3, 0.4) is 0 Å². The Bertz CT molecular complexity index is 394. The molecule has 0 spiro atoms. The molecule has 2 atom stereocenters. The lowest BCUT2D eigenvalue weighted by atomic mass is 9.82. The Hall–Kier alpha value is -0.480. The minimum Gasteiger partial charge on any atom is -0.323 e. The number of hydrogen-bond acceptors (Lipinski definition) is 2. The fourth-order valence-electron chi connectivity index (χ4n) is 2.74. The van der Waals surface area contributed by atoms with E-state index in [0.29, 0.717) is 12.8 Å². The number of rotatable bonds is 3. The predicted molar refractivity (Wildman–Crippen MR) is 72.2 cm³/mol. The summed E-state index contributed by atoms with van der Waals surface area (Å²) in [5.41, 5.74) is 7.41. The van der Waals surface area contributed by atoms with Gasteiger partial charge < -0.3 is 5.73 Å². The molecule has 1 aliphatic rings. The lowest BCUT2D eigenvalue weighted by Gasteiger charge is -2.30. The number of alkyl halides is 2. The van der Waals surface area contributed by atoms with Crippen molar-refractivity contribution in [3.05, 3.63) is 21.4 Å². The van der Waals surface area contributed by atoms with Gasteiger partial charge >= 0.3 is 0 Å². The zero-order chi connectivity index (χ0) is 13.3. The molecule has 2 unspecified atom stereocenters. The molecule has 102 valence electrons. The molecule has 1 fully saturated rings. The van der Waals surface area contributed by atoms with Crippen molar-refractivity contribution in [3.63, 3.8) is 0 Å². The van der Waals surface area contributed by atoms with Crippen LogP contribution in [0.25, 0.3) is 0 Å². The van der Waals surface area contributed by atoms with E-state index in [9.17, 15) is 8.78 Å². The molecule has 1 aliphatic carbocycles. The van der Waals surface area contributed by atoms with Crippen LogP contribution in [-0.4, -0.2) is 5.92 Å². The first kappa shape index (κ1) is 13.9. The highest BCUT2D eigenvalue weighted by molar-refractivity contribution is 7.12. The lowest BCUT2D eigenvalue weighted by molar-refractivity contribution is -0.0543. The van der Waals surface area contributed by atoms with Crippen LogP contribution in [0.15, 0.2) is 6.07 Å². The Labute approximate surface area is 111 Å². The largest absolute Gasteiger partial charge is 0.323 e. The van der Waals surface area contributed by atoms with Crippen LogP contribution in [0.4, 0.5) is 8.78 Å². The third-order valence-electron chi connectivity index (χ3n) is 3.88. The maximum Gasteiger partial charge on any atom is 0.248 e. The summed E-state index contributed by atoms with van der Waals surface area (Å²) in [5.74, 6) is -2.39. The highest BCUT2D eigenvalue weighted by Crippen LogP contribution is 2.40. The van der Waals surface area contributed by atoms with Gasteiger partial charge in [-0.2, -0.15) is 0 Å². The summed E-state index contributed by atoms with van der Waals surface area (Å²) < 4.78 is 26.7. The molecule has 1 aromatic rings. The van der Waals surface area contributed by atoms with Crippen molar-refractivity contribution in [1.29, 1.82) is 0 Å². The number of nitrogens with two attached hydrogens (primary N) is 1. The maximum absolute atomic E-state index is 13.3. The van der Waals surface area contributed by atoms with E-state index in [4.69, 9.17) is 5.73 Å². The summed E-state index contributed by atoms with van der Waals surface area (Å²) in [6.07, 6.45) is 2.29. The highest BCUT2D eigenvalue weighted by atomic mass is 32.1. The van der Waals surface area contributed by atoms with E-state index in [0.717, 1.165) is 11.3 Å². The van der Waals surface area contributed by atoms with Gasteiger partial charge in [-0.15, -0.1) is 11.3 Å². The molecule has 0 saturated heterocycles. The van der Waals surface area contributed by atoms with E-state index < -0.39 is 5.92 Å². The maximum atomic E-state index is 13.3. The fourth-order valence-corrected chi connectivity index (χ4v) is 3.79. The van der Waals surface area contributed by atoms with Gasteiger partial charge in [0.2, 0.25) is 5.92 Å². The van der Waals surface area contributed by atoms with Gasteiger partial charge in [0, 0.05) is 28.6 Å². The van der Waals surface area contributed by atoms with Crippen molar-refractivity contribution >= 4 is 11.3 Å². The Morgan fingerprint density at radius 2 is 2.22 bits per heavy atom. The minimum absolute atomic E-state index is 0.0179. The van der Waals surface area contributed by atoms with Gasteiger partial charge in [0.1, 0.15) is 0 Å². The monoisotopic (exact) mass is 273 g/mol. The van der Waals surface area contributed by atoms with E-state index >= 15 is 0 Å². The van der Waals surface area contributed by atoms with E-state index in [-0.39, 0.29) is 24.8 Å². The number of halogens is 2. The Kier molecular flexibility index (Phi) is 4.07. The Balaban J connectivity index is 1.96. The van der Waals surface area contributed by atoms with Crippen molar-refractivity contribution in [3.8, 4) is 0 Å². The summed E-state index contributed by atoms with van der Waals surface area (Å²) in [7, 11) is 0. The van der Waals surface area contributed by atoms with Crippen LogP contribution in [0.1, 0.15) is 53.5 Å². The average Bonchev–Trinajstić information content (AvgIpc) is 2.58. The Morgan fingerprint density at radius 1 is 1.50 bits per heavy atom. The standard InChI is InChI=1S/C14H21F2NS/c1-9-6-13(18-10(9)2)12(17)7-11-4-3-5-14(15,16)8-11/h6,11-12H,3-5,7-8,17H2,1-2H3. The van der Waals surface area contributed by atoms with Crippen molar-refractivity contribution in [2.24, 2.45) is 11.7 Å². The third-order valence-corrected chi connectivity index (χ3v) is 5.16. The van der Waals surface area contributed by atoms with Gasteiger partial charge in [0.25, 0.3) is 0 Å². The van der Waals surface area contributed by atoms with Crippen LogP contribution >= 0.6 is 11.3 Å². The second-order valence-corrected chi connectivity index (χ2v) is 6.84. The molecule has 1 saturated carbocycles. The smallest absolute Gasteiger partial charge is 0.248 e. The summed E-state index contributed by atoms with van der Waals surface area (Å²) >= 11 is 1.70. The van der Waals surface area contributed by atoms with E-state index in [1.54, 1.807) is 11.3 Å². The van der Waals surface area contributed by atoms with E-state index in [1.165, 1.54) is 10.4 Å². The molecule has 2 rings (SSSR count). The van der Waals surface area contributed by atoms with Crippen molar-refractivity contribution < 1.29 is 8.78 Å². The summed E-state index contributed by atoms with van der Waals surface area (Å²) in [6.45, 7) is 4.14. The lowest BCUT2D eigenvalue weighted by Crippen LogP contribution is -2.28. The molecule has 1 heterocycles. The third kappa shape index (κ3) is 3.29. The first-order valence-electron chi connectivity index (χ1n) is 6.58. The summed E-state index contributed by atoms with van der Waals surface area (Å²) in [5, 5.41) is 0. The van der Waals surface area contributed by atoms with Crippen molar-refractivity contribution in [1.82, 2.24) is 0 Å². The SMILES string of the molecule is Cc1cc(C(N)CC2CCCC(F)(F)C2)sc1C. The fraction of sp³-hybridized carbons (Fsp3) is 0.714. The molecule has 1 nitrogen and oxygen atoms in total. The molecule has 1 aromatic heterocycles. The van der Waals surface area contributed by atoms with Crippen LogP contribution < -0.4 is 5.73 Å². The molecule has 0 amide bonds. The van der Waals surface area contributed by atoms with Crippen LogP contribution in [-0.2, 0) is 0 Å². The second kappa shape index (κ2) is 5.25. The number of thiophene rings is 1. The predicted octanol–water partition coefficient (Wildman–Crippen LogP) is 4.58. The van der Waals surface area contributed by atoms with Crippen molar-refractivity contribution in [2.75, 3.05) is 0 Å². The molecule has 0 radical (unpaired) electrons. The van der Waals surface area contributed by atoms with Crippen LogP contribution in [0, 0.1) is 19.8 Å². The number of aryl methyl sites for hydroxylation is 2. The first-order valence-corrected chi connectivity index (χ1v) is 7.39. The average molecular weight is 273 g/mol. The molecule has 4 heteroatoms. The normalized spacial score (nSPS) is 25.1. The molecule has 0 aromatic carbocycles. The summed E-state index contributed by atoms with van der Waals surface area (Å²) in [6, 6.07) is 2.02. The number of hydrogen-bond donors (Lipinski definition) is 1. The van der Waals surface area contributed by atoms with Gasteiger partial charge in [-0.25, -0.2) is 8.78 Å². The van der Waals surface area contributed by atoms with E-state index in [1.807, 2.05) is 0 Å². The molecule has 2 N–H and O–H groups in total. The van der Waals surface area contributed by atoms with Gasteiger partial charge in [-0.05, 0) is 50.7 Å². The zero-order valence-corrected chi connectivity index (χ0v) is 11.8. The van der Waals surface area contributed by atoms with Gasteiger partial charge in [0.05, 0.1) is 0 Å². The highest BCUT2D eigenvalue weighted by Gasteiger charge is 2.36. The Morgan fingerprint density at radius 3 is 2.78 bits per heavy atom. The van der Waals surface area contributed by atoms with E-state index in [2.05, 4.69) is 19.9 Å². The van der Waals surface area contributed by atoms with Crippen LogP contribution in [0.5, 0.6) is 0 Å². The molecule has 18 heavy (non-hydrogen) atoms. The summed E-state index contributed by atoms with van der Waals surface area (Å²) in [4.78, 5) is 2.41. The topological polar surface area (TPSA) is 26.0 Å². The second-order valence-electron chi connectivity index (χ2n) is 5.55. The van der Waals surface area contributed by atoms with Gasteiger partial charge in [0.15, 0.2) is 0 Å². The van der Waals surface area contributed by atoms with Crippen LogP contribution in [0.2, 0.25) is 0 Å².